The Bertz CT molecular complexity index is 927. The summed E-state index contributed by atoms with van der Waals surface area (Å²) in [6.45, 7) is 1.37. The zero-order valence-corrected chi connectivity index (χ0v) is 15.1. The summed E-state index contributed by atoms with van der Waals surface area (Å²) in [5, 5.41) is 6.27. The Morgan fingerprint density at radius 1 is 1.26 bits per heavy atom. The van der Waals surface area contributed by atoms with Crippen LogP contribution in [0.15, 0.2) is 36.8 Å². The fourth-order valence-electron chi connectivity index (χ4n) is 3.22. The Balaban J connectivity index is 1.67. The van der Waals surface area contributed by atoms with E-state index in [-0.39, 0.29) is 6.54 Å². The van der Waals surface area contributed by atoms with Crippen LogP contribution in [0.25, 0.3) is 22.3 Å². The first kappa shape index (κ1) is 17.5. The first-order valence-electron chi connectivity index (χ1n) is 8.93. The Hall–Kier alpha value is -2.87. The normalized spacial score (nSPS) is 19.8. The lowest BCUT2D eigenvalue weighted by Crippen LogP contribution is -2.46. The summed E-state index contributed by atoms with van der Waals surface area (Å²) in [5.74, 6) is 1.05. The zero-order chi connectivity index (χ0) is 18.7. The molecule has 2 N–H and O–H groups in total. The summed E-state index contributed by atoms with van der Waals surface area (Å²) in [6, 6.07) is 5.50. The number of ether oxygens (including phenoxy) is 1. The second kappa shape index (κ2) is 7.40. The summed E-state index contributed by atoms with van der Waals surface area (Å²) in [4.78, 5) is 17.6. The Kier molecular flexibility index (Phi) is 4.81. The number of anilines is 1. The Labute approximate surface area is 156 Å². The number of alkyl halides is 1. The molecule has 1 aliphatic rings. The third kappa shape index (κ3) is 3.80. The maximum Gasteiger partial charge on any atom is 0.212 e. The highest BCUT2D eigenvalue weighted by Crippen LogP contribution is 2.27. The number of hydrogen-bond donors (Lipinski definition) is 2. The number of hydrogen-bond acceptors (Lipinski definition) is 7. The standard InChI is InChI=1S/C19H21FN6O/c1-27-16-4-3-13(10-24-16)14-9-15-17(23-8-7-22-15)18(26-14)25-12-19(20)5-2-6-21-11-19/h3-4,7-10,21H,2,5-6,11-12H2,1H3,(H,25,26). The van der Waals surface area contributed by atoms with Gasteiger partial charge in [0.15, 0.2) is 5.82 Å². The van der Waals surface area contributed by atoms with Crippen LogP contribution in [-0.2, 0) is 0 Å². The van der Waals surface area contributed by atoms with E-state index in [9.17, 15) is 4.39 Å². The number of nitrogens with zero attached hydrogens (tertiary/aromatic N) is 4. The predicted molar refractivity (Wildman–Crippen MR) is 102 cm³/mol. The van der Waals surface area contributed by atoms with Crippen LogP contribution in [-0.4, -0.2) is 52.3 Å². The largest absolute Gasteiger partial charge is 0.481 e. The minimum atomic E-state index is -1.30. The van der Waals surface area contributed by atoms with Gasteiger partial charge in [-0.2, -0.15) is 0 Å². The number of halogens is 1. The second-order valence-corrected chi connectivity index (χ2v) is 6.65. The van der Waals surface area contributed by atoms with E-state index in [1.807, 2.05) is 12.1 Å². The van der Waals surface area contributed by atoms with Crippen molar-refractivity contribution >= 4 is 16.9 Å². The minimum Gasteiger partial charge on any atom is -0.481 e. The maximum atomic E-state index is 15.0. The average Bonchev–Trinajstić information content (AvgIpc) is 2.72. The number of nitrogens with one attached hydrogen (secondary N) is 2. The van der Waals surface area contributed by atoms with Crippen molar-refractivity contribution in [3.8, 4) is 17.1 Å². The molecule has 0 aliphatic carbocycles. The van der Waals surface area contributed by atoms with Crippen LogP contribution < -0.4 is 15.4 Å². The Morgan fingerprint density at radius 2 is 2.15 bits per heavy atom. The maximum absolute atomic E-state index is 15.0. The highest BCUT2D eigenvalue weighted by Gasteiger charge is 2.31. The van der Waals surface area contributed by atoms with Crippen LogP contribution in [0, 0.1) is 0 Å². The van der Waals surface area contributed by atoms with Crippen molar-refractivity contribution in [3.05, 3.63) is 36.8 Å². The molecule has 0 spiro atoms. The van der Waals surface area contributed by atoms with Crippen molar-refractivity contribution < 1.29 is 9.13 Å². The van der Waals surface area contributed by atoms with E-state index < -0.39 is 5.67 Å². The van der Waals surface area contributed by atoms with Gasteiger partial charge in [-0.05, 0) is 31.5 Å². The number of aromatic nitrogens is 4. The van der Waals surface area contributed by atoms with E-state index in [4.69, 9.17) is 4.74 Å². The molecule has 27 heavy (non-hydrogen) atoms. The highest BCUT2D eigenvalue weighted by atomic mass is 19.1. The number of rotatable bonds is 5. The summed E-state index contributed by atoms with van der Waals surface area (Å²) < 4.78 is 20.1. The fraction of sp³-hybridized carbons (Fsp3) is 0.368. The van der Waals surface area contributed by atoms with Gasteiger partial charge in [-0.15, -0.1) is 0 Å². The number of pyridine rings is 2. The van der Waals surface area contributed by atoms with Gasteiger partial charge in [-0.25, -0.2) is 19.3 Å². The molecule has 1 fully saturated rings. The van der Waals surface area contributed by atoms with E-state index in [2.05, 4.69) is 30.6 Å². The van der Waals surface area contributed by atoms with Gasteiger partial charge >= 0.3 is 0 Å². The first-order valence-corrected chi connectivity index (χ1v) is 8.93. The van der Waals surface area contributed by atoms with E-state index in [0.29, 0.717) is 41.4 Å². The van der Waals surface area contributed by atoms with Gasteiger partial charge in [-0.3, -0.25) is 4.98 Å². The number of methoxy groups -OCH3 is 1. The van der Waals surface area contributed by atoms with Crippen molar-refractivity contribution in [1.82, 2.24) is 25.3 Å². The smallest absolute Gasteiger partial charge is 0.212 e. The molecule has 0 radical (unpaired) electrons. The molecular formula is C19H21FN6O. The second-order valence-electron chi connectivity index (χ2n) is 6.65. The quantitative estimate of drug-likeness (QED) is 0.716. The van der Waals surface area contributed by atoms with Crippen molar-refractivity contribution in [3.63, 3.8) is 0 Å². The van der Waals surface area contributed by atoms with E-state index in [1.165, 1.54) is 0 Å². The molecule has 4 rings (SSSR count). The molecule has 4 heterocycles. The van der Waals surface area contributed by atoms with E-state index in [1.54, 1.807) is 31.8 Å². The molecule has 0 bridgehead atoms. The zero-order valence-electron chi connectivity index (χ0n) is 15.1. The molecule has 0 saturated carbocycles. The summed E-state index contributed by atoms with van der Waals surface area (Å²) >= 11 is 0. The molecule has 3 aromatic heterocycles. The summed E-state index contributed by atoms with van der Waals surface area (Å²) in [6.07, 6.45) is 6.28. The van der Waals surface area contributed by atoms with Crippen molar-refractivity contribution in [2.45, 2.75) is 18.5 Å². The van der Waals surface area contributed by atoms with Gasteiger partial charge in [0.2, 0.25) is 5.88 Å². The number of piperidine rings is 1. The van der Waals surface area contributed by atoms with Crippen LogP contribution in [0.4, 0.5) is 10.2 Å². The summed E-state index contributed by atoms with van der Waals surface area (Å²) in [5.41, 5.74) is 1.52. The predicted octanol–water partition coefficient (Wildman–Crippen LogP) is 2.60. The minimum absolute atomic E-state index is 0.170. The molecule has 3 aromatic rings. The fourth-order valence-corrected chi connectivity index (χ4v) is 3.22. The molecule has 0 amide bonds. The summed E-state index contributed by atoms with van der Waals surface area (Å²) in [7, 11) is 1.57. The van der Waals surface area contributed by atoms with Gasteiger partial charge in [0.25, 0.3) is 0 Å². The van der Waals surface area contributed by atoms with Crippen LogP contribution in [0.2, 0.25) is 0 Å². The molecular weight excluding hydrogens is 347 g/mol. The van der Waals surface area contributed by atoms with Gasteiger partial charge in [0.05, 0.1) is 24.9 Å². The van der Waals surface area contributed by atoms with Crippen molar-refractivity contribution in [2.24, 2.45) is 0 Å². The average molecular weight is 368 g/mol. The van der Waals surface area contributed by atoms with Gasteiger partial charge < -0.3 is 15.4 Å². The molecule has 1 unspecified atom stereocenters. The SMILES string of the molecule is COc1ccc(-c2cc3nccnc3c(NCC3(F)CCCNC3)n2)cn1. The molecule has 1 atom stereocenters. The van der Waals surface area contributed by atoms with Gasteiger partial charge in [-0.1, -0.05) is 0 Å². The third-order valence-corrected chi connectivity index (χ3v) is 4.69. The van der Waals surface area contributed by atoms with Gasteiger partial charge in [0.1, 0.15) is 11.2 Å². The topological polar surface area (TPSA) is 84.9 Å². The lowest BCUT2D eigenvalue weighted by atomic mass is 9.96. The van der Waals surface area contributed by atoms with E-state index >= 15 is 0 Å². The molecule has 8 heteroatoms. The monoisotopic (exact) mass is 368 g/mol. The van der Waals surface area contributed by atoms with Crippen LogP contribution in [0.1, 0.15) is 12.8 Å². The first-order chi connectivity index (χ1) is 13.2. The highest BCUT2D eigenvalue weighted by molar-refractivity contribution is 5.88. The lowest BCUT2D eigenvalue weighted by Gasteiger charge is -2.30. The lowest BCUT2D eigenvalue weighted by molar-refractivity contribution is 0.137. The van der Waals surface area contributed by atoms with Crippen molar-refractivity contribution in [1.29, 1.82) is 0 Å². The molecule has 7 nitrogen and oxygen atoms in total. The molecule has 0 aromatic carbocycles. The van der Waals surface area contributed by atoms with Crippen LogP contribution >= 0.6 is 0 Å². The molecule has 140 valence electrons. The Morgan fingerprint density at radius 3 is 2.89 bits per heavy atom. The molecule has 1 saturated heterocycles. The number of fused-ring (bicyclic) bond motifs is 1. The van der Waals surface area contributed by atoms with E-state index in [0.717, 1.165) is 18.5 Å². The molecule has 1 aliphatic heterocycles. The van der Waals surface area contributed by atoms with Crippen LogP contribution in [0.3, 0.4) is 0 Å². The van der Waals surface area contributed by atoms with Gasteiger partial charge in [0, 0.05) is 36.8 Å². The van der Waals surface area contributed by atoms with Crippen LogP contribution in [0.5, 0.6) is 5.88 Å². The third-order valence-electron chi connectivity index (χ3n) is 4.69. The van der Waals surface area contributed by atoms with Crippen molar-refractivity contribution in [2.75, 3.05) is 32.1 Å².